The minimum absolute atomic E-state index is 0.0226. The Kier molecular flexibility index (Phi) is 6.82. The van der Waals surface area contributed by atoms with Crippen molar-refractivity contribution in [2.24, 2.45) is 0 Å². The number of aliphatic hydroxyl groups excluding tert-OH is 1. The lowest BCUT2D eigenvalue weighted by atomic mass is 10.1. The number of anilines is 1. The van der Waals surface area contributed by atoms with Crippen molar-refractivity contribution in [2.75, 3.05) is 11.9 Å². The molecule has 0 radical (unpaired) electrons. The van der Waals surface area contributed by atoms with Crippen molar-refractivity contribution in [1.29, 1.82) is 0 Å². The van der Waals surface area contributed by atoms with E-state index in [0.29, 0.717) is 6.42 Å². The van der Waals surface area contributed by atoms with Gasteiger partial charge in [-0.2, -0.15) is 0 Å². The van der Waals surface area contributed by atoms with Gasteiger partial charge in [0.2, 0.25) is 5.91 Å². The van der Waals surface area contributed by atoms with Crippen molar-refractivity contribution in [3.8, 4) is 0 Å². The maximum Gasteiger partial charge on any atom is 0.224 e. The molecule has 2 unspecified atom stereocenters. The van der Waals surface area contributed by atoms with Gasteiger partial charge in [-0.15, -0.1) is 11.3 Å². The third-order valence-corrected chi connectivity index (χ3v) is 5.15. The average Bonchev–Trinajstić information content (AvgIpc) is 3.01. The van der Waals surface area contributed by atoms with E-state index in [1.807, 2.05) is 31.2 Å². The number of rotatable bonds is 8. The highest BCUT2D eigenvalue weighted by atomic mass is 32.1. The lowest BCUT2D eigenvalue weighted by Gasteiger charge is -2.15. The molecule has 1 heterocycles. The van der Waals surface area contributed by atoms with Crippen molar-refractivity contribution in [2.45, 2.75) is 45.7 Å². The van der Waals surface area contributed by atoms with E-state index in [1.165, 1.54) is 9.75 Å². The van der Waals surface area contributed by atoms with Crippen molar-refractivity contribution >= 4 is 22.9 Å². The number of aryl methyl sites for hydroxylation is 1. The normalized spacial score (nSPS) is 13.3. The van der Waals surface area contributed by atoms with Crippen LogP contribution < -0.4 is 10.6 Å². The molecule has 0 saturated carbocycles. The Labute approximate surface area is 147 Å². The SMILES string of the molecule is CCC(CO)NC(=O)Cc1ccc(NC(C)c2ccc(C)s2)cc1. The number of aliphatic hydroxyl groups is 1. The van der Waals surface area contributed by atoms with Crippen LogP contribution in [0.15, 0.2) is 36.4 Å². The van der Waals surface area contributed by atoms with E-state index in [4.69, 9.17) is 5.11 Å². The predicted molar refractivity (Wildman–Crippen MR) is 101 cm³/mol. The third kappa shape index (κ3) is 5.35. The molecule has 1 aromatic heterocycles. The van der Waals surface area contributed by atoms with Gasteiger partial charge in [0.25, 0.3) is 0 Å². The van der Waals surface area contributed by atoms with Gasteiger partial charge in [0.05, 0.1) is 25.1 Å². The molecule has 1 amide bonds. The summed E-state index contributed by atoms with van der Waals surface area (Å²) in [6, 6.07) is 12.3. The van der Waals surface area contributed by atoms with Crippen molar-refractivity contribution in [3.05, 3.63) is 51.7 Å². The zero-order valence-electron chi connectivity index (χ0n) is 14.5. The van der Waals surface area contributed by atoms with Gasteiger partial charge in [-0.1, -0.05) is 19.1 Å². The minimum atomic E-state index is -0.159. The number of amides is 1. The van der Waals surface area contributed by atoms with Crippen LogP contribution in [0.2, 0.25) is 0 Å². The lowest BCUT2D eigenvalue weighted by Crippen LogP contribution is -2.37. The number of carbonyl (C=O) groups excluding carboxylic acids is 1. The summed E-state index contributed by atoms with van der Waals surface area (Å²) in [5.41, 5.74) is 2.00. The molecule has 2 rings (SSSR count). The molecule has 0 bridgehead atoms. The standard InChI is InChI=1S/C19H26N2O2S/c1-4-16(12-22)21-19(23)11-15-6-8-17(9-7-15)20-14(3)18-10-5-13(2)24-18/h5-10,14,16,20,22H,4,11-12H2,1-3H3,(H,21,23). The fourth-order valence-corrected chi connectivity index (χ4v) is 3.35. The Morgan fingerprint density at radius 1 is 1.21 bits per heavy atom. The Hall–Kier alpha value is -1.85. The van der Waals surface area contributed by atoms with Crippen LogP contribution in [0.3, 0.4) is 0 Å². The van der Waals surface area contributed by atoms with E-state index in [0.717, 1.165) is 17.7 Å². The van der Waals surface area contributed by atoms with Crippen LogP contribution in [-0.4, -0.2) is 23.7 Å². The topological polar surface area (TPSA) is 61.4 Å². The van der Waals surface area contributed by atoms with Gasteiger partial charge in [-0.05, 0) is 50.1 Å². The van der Waals surface area contributed by atoms with E-state index in [1.54, 1.807) is 11.3 Å². The first-order valence-corrected chi connectivity index (χ1v) is 9.15. The Morgan fingerprint density at radius 3 is 2.46 bits per heavy atom. The van der Waals surface area contributed by atoms with Crippen LogP contribution in [-0.2, 0) is 11.2 Å². The van der Waals surface area contributed by atoms with E-state index in [9.17, 15) is 4.79 Å². The molecule has 130 valence electrons. The maximum absolute atomic E-state index is 12.0. The van der Waals surface area contributed by atoms with Gasteiger partial charge >= 0.3 is 0 Å². The molecule has 0 aliphatic heterocycles. The molecular weight excluding hydrogens is 320 g/mol. The molecule has 0 spiro atoms. The van der Waals surface area contributed by atoms with Gasteiger partial charge in [0, 0.05) is 15.4 Å². The lowest BCUT2D eigenvalue weighted by molar-refractivity contribution is -0.121. The molecule has 1 aromatic carbocycles. The van der Waals surface area contributed by atoms with E-state index >= 15 is 0 Å². The van der Waals surface area contributed by atoms with Crippen molar-refractivity contribution in [1.82, 2.24) is 5.32 Å². The number of nitrogens with one attached hydrogen (secondary N) is 2. The Balaban J connectivity index is 1.89. The summed E-state index contributed by atoms with van der Waals surface area (Å²) < 4.78 is 0. The fraction of sp³-hybridized carbons (Fsp3) is 0.421. The van der Waals surface area contributed by atoms with Crippen LogP contribution in [0.1, 0.15) is 41.6 Å². The van der Waals surface area contributed by atoms with Crippen molar-refractivity contribution < 1.29 is 9.90 Å². The fourth-order valence-electron chi connectivity index (χ4n) is 2.47. The molecule has 0 fully saturated rings. The molecule has 0 saturated heterocycles. The molecule has 2 aromatic rings. The minimum Gasteiger partial charge on any atom is -0.394 e. The zero-order chi connectivity index (χ0) is 17.5. The van der Waals surface area contributed by atoms with Crippen LogP contribution >= 0.6 is 11.3 Å². The first-order chi connectivity index (χ1) is 11.5. The molecule has 4 nitrogen and oxygen atoms in total. The summed E-state index contributed by atoms with van der Waals surface area (Å²) in [6.07, 6.45) is 1.06. The number of hydrogen-bond donors (Lipinski definition) is 3. The second-order valence-corrected chi connectivity index (χ2v) is 7.36. The van der Waals surface area contributed by atoms with Gasteiger partial charge in [0.1, 0.15) is 0 Å². The zero-order valence-corrected chi connectivity index (χ0v) is 15.3. The number of thiophene rings is 1. The van der Waals surface area contributed by atoms with Gasteiger partial charge in [0.15, 0.2) is 0 Å². The predicted octanol–water partition coefficient (Wildman–Crippen LogP) is 3.66. The quantitative estimate of drug-likeness (QED) is 0.683. The Bertz CT molecular complexity index is 648. The summed E-state index contributed by atoms with van der Waals surface area (Å²) in [5, 5.41) is 15.4. The first kappa shape index (κ1) is 18.5. The second-order valence-electron chi connectivity index (χ2n) is 6.04. The second kappa shape index (κ2) is 8.85. The monoisotopic (exact) mass is 346 g/mol. The molecular formula is C19H26N2O2S. The number of carbonyl (C=O) groups is 1. The summed E-state index contributed by atoms with van der Waals surface area (Å²) in [4.78, 5) is 14.6. The highest BCUT2D eigenvalue weighted by Gasteiger charge is 2.10. The van der Waals surface area contributed by atoms with Crippen LogP contribution in [0.4, 0.5) is 5.69 Å². The average molecular weight is 346 g/mol. The molecule has 3 N–H and O–H groups in total. The summed E-state index contributed by atoms with van der Waals surface area (Å²) >= 11 is 1.80. The highest BCUT2D eigenvalue weighted by molar-refractivity contribution is 7.12. The summed E-state index contributed by atoms with van der Waals surface area (Å²) in [7, 11) is 0. The van der Waals surface area contributed by atoms with Gasteiger partial charge in [-0.3, -0.25) is 4.79 Å². The summed E-state index contributed by atoms with van der Waals surface area (Å²) in [5.74, 6) is -0.0564. The molecule has 0 aliphatic rings. The van der Waals surface area contributed by atoms with E-state index in [2.05, 4.69) is 36.6 Å². The van der Waals surface area contributed by atoms with Crippen LogP contribution in [0, 0.1) is 6.92 Å². The smallest absolute Gasteiger partial charge is 0.224 e. The van der Waals surface area contributed by atoms with Crippen LogP contribution in [0.5, 0.6) is 0 Å². The molecule has 24 heavy (non-hydrogen) atoms. The molecule has 0 aliphatic carbocycles. The number of benzene rings is 1. The molecule has 2 atom stereocenters. The number of hydrogen-bond acceptors (Lipinski definition) is 4. The Morgan fingerprint density at radius 2 is 1.92 bits per heavy atom. The van der Waals surface area contributed by atoms with Gasteiger partial charge < -0.3 is 15.7 Å². The first-order valence-electron chi connectivity index (χ1n) is 8.33. The van der Waals surface area contributed by atoms with Crippen LogP contribution in [0.25, 0.3) is 0 Å². The largest absolute Gasteiger partial charge is 0.394 e. The molecule has 5 heteroatoms. The maximum atomic E-state index is 12.0. The van der Waals surface area contributed by atoms with E-state index < -0.39 is 0 Å². The highest BCUT2D eigenvalue weighted by Crippen LogP contribution is 2.25. The van der Waals surface area contributed by atoms with E-state index in [-0.39, 0.29) is 24.6 Å². The van der Waals surface area contributed by atoms with Gasteiger partial charge in [-0.25, -0.2) is 0 Å². The third-order valence-electron chi connectivity index (χ3n) is 3.97. The summed E-state index contributed by atoms with van der Waals surface area (Å²) in [6.45, 7) is 6.18. The van der Waals surface area contributed by atoms with Crippen molar-refractivity contribution in [3.63, 3.8) is 0 Å².